The number of nitrogens with two attached hydrogens (primary N) is 1. The van der Waals surface area contributed by atoms with Gasteiger partial charge in [0.25, 0.3) is 0 Å². The van der Waals surface area contributed by atoms with Crippen molar-refractivity contribution in [1.29, 1.82) is 0 Å². The van der Waals surface area contributed by atoms with Crippen LogP contribution in [0.15, 0.2) is 28.7 Å². The van der Waals surface area contributed by atoms with E-state index in [1.54, 1.807) is 0 Å². The summed E-state index contributed by atoms with van der Waals surface area (Å²) in [7, 11) is 0. The lowest BCUT2D eigenvalue weighted by molar-refractivity contribution is -0.122. The van der Waals surface area contributed by atoms with Crippen LogP contribution in [0, 0.1) is 5.92 Å². The van der Waals surface area contributed by atoms with Gasteiger partial charge in [0.2, 0.25) is 5.91 Å². The Morgan fingerprint density at radius 3 is 2.81 bits per heavy atom. The Kier molecular flexibility index (Phi) is 8.30. The highest BCUT2D eigenvalue weighted by Crippen LogP contribution is 2.23. The van der Waals surface area contributed by atoms with Crippen LogP contribution < -0.4 is 11.1 Å². The number of nitrogens with one attached hydrogen (secondary N) is 1. The van der Waals surface area contributed by atoms with Gasteiger partial charge in [0.05, 0.1) is 0 Å². The molecule has 1 aromatic carbocycles. The first kappa shape index (κ1) is 18.5. The smallest absolute Gasteiger partial charge is 0.220 e. The average Bonchev–Trinajstić information content (AvgIpc) is 2.46. The summed E-state index contributed by atoms with van der Waals surface area (Å²) < 4.78 is 1.06. The molecular weight excluding hydrogens is 352 g/mol. The number of halogens is 2. The van der Waals surface area contributed by atoms with Crippen molar-refractivity contribution in [2.75, 3.05) is 6.54 Å². The number of carbonyl (C=O) groups is 1. The number of carbonyl (C=O) groups excluding carboxylic acids is 1. The fraction of sp³-hybridized carbons (Fsp3) is 0.562. The molecule has 0 heterocycles. The van der Waals surface area contributed by atoms with Crippen LogP contribution in [0.5, 0.6) is 0 Å². The SMILES string of the molecule is Cl.NCC1CCCCC1NC(=O)CCc1cccc(Br)c1. The summed E-state index contributed by atoms with van der Waals surface area (Å²) in [6.45, 7) is 0.677. The molecule has 0 spiro atoms. The normalized spacial score (nSPS) is 21.4. The van der Waals surface area contributed by atoms with Crippen molar-refractivity contribution in [1.82, 2.24) is 5.32 Å². The van der Waals surface area contributed by atoms with Crippen molar-refractivity contribution in [3.05, 3.63) is 34.3 Å². The van der Waals surface area contributed by atoms with Gasteiger partial charge in [-0.05, 0) is 49.4 Å². The van der Waals surface area contributed by atoms with Gasteiger partial charge in [-0.15, -0.1) is 12.4 Å². The molecule has 1 fully saturated rings. The molecule has 2 rings (SSSR count). The Morgan fingerprint density at radius 2 is 2.10 bits per heavy atom. The minimum absolute atomic E-state index is 0. The zero-order chi connectivity index (χ0) is 14.4. The molecule has 0 saturated heterocycles. The first-order valence-electron chi connectivity index (χ1n) is 7.43. The summed E-state index contributed by atoms with van der Waals surface area (Å²) in [5.74, 6) is 0.605. The van der Waals surface area contributed by atoms with Crippen LogP contribution in [-0.4, -0.2) is 18.5 Å². The number of benzene rings is 1. The number of amides is 1. The molecule has 1 saturated carbocycles. The summed E-state index contributed by atoms with van der Waals surface area (Å²) in [5, 5.41) is 3.17. The van der Waals surface area contributed by atoms with E-state index in [0.29, 0.717) is 18.9 Å². The number of hydrogen-bond donors (Lipinski definition) is 2. The minimum atomic E-state index is 0. The van der Waals surface area contributed by atoms with Crippen molar-refractivity contribution in [3.8, 4) is 0 Å². The summed E-state index contributed by atoms with van der Waals surface area (Å²) in [6.07, 6.45) is 5.99. The summed E-state index contributed by atoms with van der Waals surface area (Å²) >= 11 is 3.45. The summed E-state index contributed by atoms with van der Waals surface area (Å²) in [4.78, 5) is 12.1. The van der Waals surface area contributed by atoms with E-state index in [4.69, 9.17) is 5.73 Å². The third kappa shape index (κ3) is 5.97. The van der Waals surface area contributed by atoms with Gasteiger partial charge in [-0.2, -0.15) is 0 Å². The van der Waals surface area contributed by atoms with Gasteiger partial charge >= 0.3 is 0 Å². The zero-order valence-corrected chi connectivity index (χ0v) is 14.6. The largest absolute Gasteiger partial charge is 0.353 e. The lowest BCUT2D eigenvalue weighted by atomic mass is 9.84. The second-order valence-electron chi connectivity index (χ2n) is 5.58. The third-order valence-corrected chi connectivity index (χ3v) is 4.58. The van der Waals surface area contributed by atoms with E-state index in [1.165, 1.54) is 18.4 Å². The molecule has 0 aliphatic heterocycles. The van der Waals surface area contributed by atoms with Gasteiger partial charge < -0.3 is 11.1 Å². The van der Waals surface area contributed by atoms with Gasteiger partial charge in [-0.25, -0.2) is 0 Å². The van der Waals surface area contributed by atoms with E-state index in [2.05, 4.69) is 33.4 Å². The molecule has 0 radical (unpaired) electrons. The molecule has 118 valence electrons. The molecule has 5 heteroatoms. The molecule has 1 aliphatic carbocycles. The molecule has 2 atom stereocenters. The Hall–Kier alpha value is -0.580. The Balaban J connectivity index is 0.00000220. The van der Waals surface area contributed by atoms with Crippen LogP contribution in [0.1, 0.15) is 37.7 Å². The van der Waals surface area contributed by atoms with Crippen LogP contribution in [-0.2, 0) is 11.2 Å². The molecule has 3 N–H and O–H groups in total. The van der Waals surface area contributed by atoms with Crippen molar-refractivity contribution in [3.63, 3.8) is 0 Å². The van der Waals surface area contributed by atoms with Gasteiger partial charge in [0.1, 0.15) is 0 Å². The monoisotopic (exact) mass is 374 g/mol. The lowest BCUT2D eigenvalue weighted by Gasteiger charge is -2.31. The zero-order valence-electron chi connectivity index (χ0n) is 12.2. The summed E-state index contributed by atoms with van der Waals surface area (Å²) in [6, 6.07) is 8.40. The average molecular weight is 376 g/mol. The molecule has 1 aromatic rings. The van der Waals surface area contributed by atoms with Crippen molar-refractivity contribution >= 4 is 34.2 Å². The van der Waals surface area contributed by atoms with Crippen molar-refractivity contribution < 1.29 is 4.79 Å². The molecule has 0 bridgehead atoms. The lowest BCUT2D eigenvalue weighted by Crippen LogP contribution is -2.44. The van der Waals surface area contributed by atoms with Crippen LogP contribution >= 0.6 is 28.3 Å². The van der Waals surface area contributed by atoms with Crippen LogP contribution in [0.3, 0.4) is 0 Å². The van der Waals surface area contributed by atoms with Gasteiger partial charge in [0, 0.05) is 16.9 Å². The van der Waals surface area contributed by atoms with Crippen molar-refractivity contribution in [2.45, 2.75) is 44.6 Å². The maximum Gasteiger partial charge on any atom is 0.220 e. The molecule has 0 aromatic heterocycles. The second kappa shape index (κ2) is 9.44. The Bertz CT molecular complexity index is 456. The van der Waals surface area contributed by atoms with E-state index in [1.807, 2.05) is 12.1 Å². The van der Waals surface area contributed by atoms with Crippen LogP contribution in [0.4, 0.5) is 0 Å². The molecular formula is C16H24BrClN2O. The highest BCUT2D eigenvalue weighted by Gasteiger charge is 2.24. The van der Waals surface area contributed by atoms with E-state index in [-0.39, 0.29) is 24.4 Å². The van der Waals surface area contributed by atoms with E-state index < -0.39 is 0 Å². The van der Waals surface area contributed by atoms with Crippen LogP contribution in [0.2, 0.25) is 0 Å². The Labute approximate surface area is 141 Å². The standard InChI is InChI=1S/C16H23BrN2O.ClH/c17-14-6-3-4-12(10-14)8-9-16(20)19-15-7-2-1-5-13(15)11-18;/h3-4,6,10,13,15H,1-2,5,7-9,11,18H2,(H,19,20);1H. The quantitative estimate of drug-likeness (QED) is 0.828. The van der Waals surface area contributed by atoms with Gasteiger partial charge in [-0.3, -0.25) is 4.79 Å². The highest BCUT2D eigenvalue weighted by atomic mass is 79.9. The molecule has 3 nitrogen and oxygen atoms in total. The van der Waals surface area contributed by atoms with E-state index in [9.17, 15) is 4.79 Å². The van der Waals surface area contributed by atoms with Crippen LogP contribution in [0.25, 0.3) is 0 Å². The molecule has 2 unspecified atom stereocenters. The first-order chi connectivity index (χ1) is 9.69. The predicted molar refractivity (Wildman–Crippen MR) is 92.7 cm³/mol. The molecule has 21 heavy (non-hydrogen) atoms. The van der Waals surface area contributed by atoms with Gasteiger partial charge in [-0.1, -0.05) is 40.9 Å². The maximum atomic E-state index is 12.1. The molecule has 1 aliphatic rings. The number of rotatable bonds is 5. The fourth-order valence-corrected chi connectivity index (χ4v) is 3.36. The number of hydrogen-bond acceptors (Lipinski definition) is 2. The first-order valence-corrected chi connectivity index (χ1v) is 8.22. The summed E-state index contributed by atoms with van der Waals surface area (Å²) in [5.41, 5.74) is 6.98. The van der Waals surface area contributed by atoms with E-state index >= 15 is 0 Å². The fourth-order valence-electron chi connectivity index (χ4n) is 2.91. The topological polar surface area (TPSA) is 55.1 Å². The highest BCUT2D eigenvalue weighted by molar-refractivity contribution is 9.10. The number of aryl methyl sites for hydroxylation is 1. The Morgan fingerprint density at radius 1 is 1.33 bits per heavy atom. The predicted octanol–water partition coefficient (Wildman–Crippen LogP) is 3.44. The van der Waals surface area contributed by atoms with Crippen molar-refractivity contribution in [2.24, 2.45) is 11.7 Å². The minimum Gasteiger partial charge on any atom is -0.353 e. The molecule has 1 amide bonds. The van der Waals surface area contributed by atoms with E-state index in [0.717, 1.165) is 23.7 Å². The maximum absolute atomic E-state index is 12.1. The van der Waals surface area contributed by atoms with Gasteiger partial charge in [0.15, 0.2) is 0 Å². The second-order valence-corrected chi connectivity index (χ2v) is 6.50. The third-order valence-electron chi connectivity index (χ3n) is 4.09.